The first-order valence-electron chi connectivity index (χ1n) is 4.12. The Bertz CT molecular complexity index is 490. The van der Waals surface area contributed by atoms with Gasteiger partial charge in [-0.05, 0) is 34.7 Å². The molecule has 0 spiro atoms. The van der Waals surface area contributed by atoms with Gasteiger partial charge in [0.25, 0.3) is 0 Å². The van der Waals surface area contributed by atoms with E-state index in [2.05, 4.69) is 32.3 Å². The third-order valence-corrected chi connectivity index (χ3v) is 2.64. The summed E-state index contributed by atoms with van der Waals surface area (Å²) in [5.74, 6) is -1.04. The van der Waals surface area contributed by atoms with E-state index in [1.807, 2.05) is 24.3 Å². The molecule has 0 unspecified atom stereocenters. The Kier molecular flexibility index (Phi) is 2.72. The zero-order valence-corrected chi connectivity index (χ0v) is 9.63. The van der Waals surface area contributed by atoms with Crippen LogP contribution in [0.15, 0.2) is 35.1 Å². The van der Waals surface area contributed by atoms with Gasteiger partial charge in [-0.2, -0.15) is 0 Å². The number of aromatic carboxylic acids is 1. The van der Waals surface area contributed by atoms with Gasteiger partial charge in [0.1, 0.15) is 17.5 Å². The number of benzene rings is 1. The van der Waals surface area contributed by atoms with Gasteiger partial charge in [-0.1, -0.05) is 17.3 Å². The van der Waals surface area contributed by atoms with Crippen LogP contribution >= 0.6 is 22.6 Å². The first-order chi connectivity index (χ1) is 7.18. The third kappa shape index (κ3) is 2.01. The summed E-state index contributed by atoms with van der Waals surface area (Å²) >= 11 is 2.18. The van der Waals surface area contributed by atoms with E-state index in [4.69, 9.17) is 5.11 Å². The summed E-state index contributed by atoms with van der Waals surface area (Å²) in [5.41, 5.74) is 1.18. The lowest BCUT2D eigenvalue weighted by molar-refractivity contribution is 0.0697. The maximum atomic E-state index is 10.8. The van der Waals surface area contributed by atoms with Crippen LogP contribution in [0.4, 0.5) is 0 Å². The number of nitrogens with zero attached hydrogens (tertiary/aromatic N) is 1. The standard InChI is InChI=1S/C10H6INO3/c11-7-3-1-6(2-4-7)9-8(10(13)14)5-15-12-9/h1-5H,(H,13,14). The molecule has 0 aliphatic heterocycles. The highest BCUT2D eigenvalue weighted by atomic mass is 127. The van der Waals surface area contributed by atoms with Crippen LogP contribution < -0.4 is 0 Å². The molecule has 0 radical (unpaired) electrons. The summed E-state index contributed by atoms with van der Waals surface area (Å²) in [6.45, 7) is 0. The van der Waals surface area contributed by atoms with E-state index in [9.17, 15) is 4.79 Å². The first kappa shape index (κ1) is 10.2. The Morgan fingerprint density at radius 2 is 2.00 bits per heavy atom. The second-order valence-corrected chi connectivity index (χ2v) is 4.13. The van der Waals surface area contributed by atoms with Crippen LogP contribution in [0, 0.1) is 3.57 Å². The van der Waals surface area contributed by atoms with Crippen molar-refractivity contribution in [1.29, 1.82) is 0 Å². The second kappa shape index (κ2) is 4.01. The van der Waals surface area contributed by atoms with Crippen molar-refractivity contribution in [3.8, 4) is 11.3 Å². The molecule has 15 heavy (non-hydrogen) atoms. The Hall–Kier alpha value is -1.37. The monoisotopic (exact) mass is 315 g/mol. The molecule has 0 saturated heterocycles. The SMILES string of the molecule is O=C(O)c1conc1-c1ccc(I)cc1. The zero-order valence-electron chi connectivity index (χ0n) is 7.48. The fourth-order valence-electron chi connectivity index (χ4n) is 1.20. The average Bonchev–Trinajstić information content (AvgIpc) is 2.67. The molecule has 5 heteroatoms. The topological polar surface area (TPSA) is 63.3 Å². The molecular weight excluding hydrogens is 309 g/mol. The molecule has 1 N–H and O–H groups in total. The van der Waals surface area contributed by atoms with E-state index >= 15 is 0 Å². The van der Waals surface area contributed by atoms with Crippen LogP contribution in [-0.2, 0) is 0 Å². The molecule has 0 aliphatic carbocycles. The number of rotatable bonds is 2. The number of hydrogen-bond acceptors (Lipinski definition) is 3. The van der Waals surface area contributed by atoms with Crippen LogP contribution in [0.25, 0.3) is 11.3 Å². The molecule has 0 atom stereocenters. The minimum absolute atomic E-state index is 0.0798. The first-order valence-corrected chi connectivity index (χ1v) is 5.20. The highest BCUT2D eigenvalue weighted by Gasteiger charge is 2.15. The molecule has 76 valence electrons. The number of carbonyl (C=O) groups is 1. The number of halogens is 1. The van der Waals surface area contributed by atoms with Crippen molar-refractivity contribution >= 4 is 28.6 Å². The minimum atomic E-state index is -1.04. The van der Waals surface area contributed by atoms with Gasteiger partial charge >= 0.3 is 5.97 Å². The molecule has 0 fully saturated rings. The molecule has 0 aliphatic rings. The lowest BCUT2D eigenvalue weighted by Crippen LogP contribution is -1.96. The summed E-state index contributed by atoms with van der Waals surface area (Å²) in [6, 6.07) is 7.39. The van der Waals surface area contributed by atoms with Crippen molar-refractivity contribution in [2.45, 2.75) is 0 Å². The molecule has 2 aromatic rings. The smallest absolute Gasteiger partial charge is 0.341 e. The van der Waals surface area contributed by atoms with Gasteiger partial charge in [-0.25, -0.2) is 4.79 Å². The predicted octanol–water partition coefficient (Wildman–Crippen LogP) is 2.64. The Morgan fingerprint density at radius 3 is 2.60 bits per heavy atom. The predicted molar refractivity (Wildman–Crippen MR) is 61.6 cm³/mol. The molecule has 1 aromatic carbocycles. The summed E-state index contributed by atoms with van der Waals surface area (Å²) in [4.78, 5) is 10.8. The number of carboxylic acids is 1. The largest absolute Gasteiger partial charge is 0.477 e. The molecule has 0 amide bonds. The molecule has 1 heterocycles. The van der Waals surface area contributed by atoms with E-state index < -0.39 is 5.97 Å². The van der Waals surface area contributed by atoms with Gasteiger partial charge < -0.3 is 9.63 Å². The minimum Gasteiger partial charge on any atom is -0.477 e. The van der Waals surface area contributed by atoms with Gasteiger partial charge in [-0.15, -0.1) is 0 Å². The molecule has 0 bridgehead atoms. The van der Waals surface area contributed by atoms with Crippen LogP contribution in [0.1, 0.15) is 10.4 Å². The van der Waals surface area contributed by atoms with Crippen molar-refractivity contribution in [3.05, 3.63) is 39.7 Å². The lowest BCUT2D eigenvalue weighted by atomic mass is 10.1. The Morgan fingerprint density at radius 1 is 1.33 bits per heavy atom. The summed E-state index contributed by atoms with van der Waals surface area (Å²) in [6.07, 6.45) is 1.13. The highest BCUT2D eigenvalue weighted by Crippen LogP contribution is 2.22. The second-order valence-electron chi connectivity index (χ2n) is 2.89. The number of carboxylic acid groups (broad SMARTS) is 1. The number of hydrogen-bond donors (Lipinski definition) is 1. The molecular formula is C10H6INO3. The maximum Gasteiger partial charge on any atom is 0.341 e. The normalized spacial score (nSPS) is 10.2. The lowest BCUT2D eigenvalue weighted by Gasteiger charge is -1.97. The fraction of sp³-hybridized carbons (Fsp3) is 0. The van der Waals surface area contributed by atoms with Crippen molar-refractivity contribution in [1.82, 2.24) is 5.16 Å². The van der Waals surface area contributed by atoms with Crippen molar-refractivity contribution < 1.29 is 14.4 Å². The van der Waals surface area contributed by atoms with Crippen molar-refractivity contribution in [3.63, 3.8) is 0 Å². The maximum absolute atomic E-state index is 10.8. The summed E-state index contributed by atoms with van der Waals surface area (Å²) in [7, 11) is 0. The average molecular weight is 315 g/mol. The van der Waals surface area contributed by atoms with Crippen LogP contribution in [0.3, 0.4) is 0 Å². The third-order valence-electron chi connectivity index (χ3n) is 1.92. The van der Waals surface area contributed by atoms with Gasteiger partial charge in [0.15, 0.2) is 0 Å². The fourth-order valence-corrected chi connectivity index (χ4v) is 1.56. The molecule has 2 rings (SSSR count). The quantitative estimate of drug-likeness (QED) is 0.866. The summed E-state index contributed by atoms with van der Waals surface area (Å²) in [5, 5.41) is 12.5. The van der Waals surface area contributed by atoms with Crippen LogP contribution in [0.5, 0.6) is 0 Å². The summed E-state index contributed by atoms with van der Waals surface area (Å²) < 4.78 is 5.74. The number of aromatic nitrogens is 1. The Labute approximate surface area is 99.0 Å². The van der Waals surface area contributed by atoms with E-state index in [-0.39, 0.29) is 5.56 Å². The van der Waals surface area contributed by atoms with Crippen LogP contribution in [0.2, 0.25) is 0 Å². The van der Waals surface area contributed by atoms with Crippen LogP contribution in [-0.4, -0.2) is 16.2 Å². The van der Waals surface area contributed by atoms with Gasteiger partial charge in [0.2, 0.25) is 0 Å². The molecule has 0 saturated carbocycles. The van der Waals surface area contributed by atoms with Crippen molar-refractivity contribution in [2.75, 3.05) is 0 Å². The van der Waals surface area contributed by atoms with Gasteiger partial charge in [-0.3, -0.25) is 0 Å². The van der Waals surface area contributed by atoms with E-state index in [0.29, 0.717) is 5.69 Å². The zero-order chi connectivity index (χ0) is 10.8. The van der Waals surface area contributed by atoms with Gasteiger partial charge in [0, 0.05) is 9.13 Å². The Balaban J connectivity index is 2.49. The van der Waals surface area contributed by atoms with E-state index in [1.165, 1.54) is 0 Å². The van der Waals surface area contributed by atoms with E-state index in [0.717, 1.165) is 15.4 Å². The van der Waals surface area contributed by atoms with E-state index in [1.54, 1.807) is 0 Å². The molecule has 4 nitrogen and oxygen atoms in total. The molecule has 1 aromatic heterocycles. The van der Waals surface area contributed by atoms with Gasteiger partial charge in [0.05, 0.1) is 0 Å². The van der Waals surface area contributed by atoms with Crippen molar-refractivity contribution in [2.24, 2.45) is 0 Å². The highest BCUT2D eigenvalue weighted by molar-refractivity contribution is 14.1.